The molecule has 0 fully saturated rings. The van der Waals surface area contributed by atoms with Crippen LogP contribution < -0.4 is 10.1 Å². The lowest BCUT2D eigenvalue weighted by atomic mass is 10.2. The molecule has 0 bridgehead atoms. The predicted octanol–water partition coefficient (Wildman–Crippen LogP) is 0.671. The van der Waals surface area contributed by atoms with Crippen LogP contribution >= 0.6 is 0 Å². The van der Waals surface area contributed by atoms with Gasteiger partial charge in [0.1, 0.15) is 5.75 Å². The van der Waals surface area contributed by atoms with E-state index in [1.165, 1.54) is 26.0 Å². The number of carboxylic acid groups (broad SMARTS) is 1. The Hall–Kier alpha value is -2.28. The zero-order valence-electron chi connectivity index (χ0n) is 12.2. The zero-order valence-corrected chi connectivity index (χ0v) is 12.2. The summed E-state index contributed by atoms with van der Waals surface area (Å²) in [6.45, 7) is 1.56. The van der Waals surface area contributed by atoms with Crippen LogP contribution in [0.25, 0.3) is 0 Å². The molecule has 0 aliphatic heterocycles. The maximum atomic E-state index is 12.0. The molecule has 2 unspecified atom stereocenters. The highest BCUT2D eigenvalue weighted by Gasteiger charge is 2.26. The lowest BCUT2D eigenvalue weighted by molar-refractivity contribution is -0.141. The molecule has 116 valence electrons. The predicted molar refractivity (Wildman–Crippen MR) is 76.1 cm³/mol. The monoisotopic (exact) mass is 296 g/mol. The SMILES string of the molecule is COc1ccccc1CN(C)C(=O)NC(C(=O)O)C(C)O. The third kappa shape index (κ3) is 4.64. The molecule has 0 spiro atoms. The molecular formula is C14H20N2O5. The number of benzene rings is 1. The molecule has 0 radical (unpaired) electrons. The lowest BCUT2D eigenvalue weighted by Crippen LogP contribution is -2.51. The van der Waals surface area contributed by atoms with Crippen LogP contribution in [-0.2, 0) is 11.3 Å². The molecule has 0 saturated carbocycles. The van der Waals surface area contributed by atoms with Crippen LogP contribution in [0.2, 0.25) is 0 Å². The quantitative estimate of drug-likeness (QED) is 0.716. The number of ether oxygens (including phenoxy) is 1. The molecule has 2 amide bonds. The highest BCUT2D eigenvalue weighted by atomic mass is 16.5. The van der Waals surface area contributed by atoms with E-state index in [-0.39, 0.29) is 6.54 Å². The van der Waals surface area contributed by atoms with E-state index in [4.69, 9.17) is 9.84 Å². The first-order valence-corrected chi connectivity index (χ1v) is 6.41. The molecule has 0 heterocycles. The van der Waals surface area contributed by atoms with Gasteiger partial charge in [-0.2, -0.15) is 0 Å². The largest absolute Gasteiger partial charge is 0.496 e. The Morgan fingerprint density at radius 3 is 2.52 bits per heavy atom. The van der Waals surface area contributed by atoms with Crippen LogP contribution in [0.4, 0.5) is 4.79 Å². The van der Waals surface area contributed by atoms with Gasteiger partial charge >= 0.3 is 12.0 Å². The van der Waals surface area contributed by atoms with Crippen LogP contribution in [0.3, 0.4) is 0 Å². The van der Waals surface area contributed by atoms with Crippen LogP contribution in [-0.4, -0.2) is 53.4 Å². The minimum atomic E-state index is -1.35. The molecule has 7 nitrogen and oxygen atoms in total. The molecule has 2 atom stereocenters. The summed E-state index contributed by atoms with van der Waals surface area (Å²) in [5.74, 6) is -0.647. The molecule has 1 aromatic carbocycles. The van der Waals surface area contributed by atoms with E-state index in [0.29, 0.717) is 5.75 Å². The van der Waals surface area contributed by atoms with Crippen LogP contribution in [0.1, 0.15) is 12.5 Å². The highest BCUT2D eigenvalue weighted by molar-refractivity contribution is 5.82. The van der Waals surface area contributed by atoms with Gasteiger partial charge in [-0.25, -0.2) is 9.59 Å². The summed E-state index contributed by atoms with van der Waals surface area (Å²) in [7, 11) is 3.07. The van der Waals surface area contributed by atoms with Crippen molar-refractivity contribution in [3.63, 3.8) is 0 Å². The molecule has 0 aliphatic carbocycles. The third-order valence-electron chi connectivity index (χ3n) is 2.97. The van der Waals surface area contributed by atoms with Gasteiger partial charge in [-0.3, -0.25) is 0 Å². The number of aliphatic carboxylic acids is 1. The molecule has 3 N–H and O–H groups in total. The number of urea groups is 1. The molecule has 0 aliphatic rings. The highest BCUT2D eigenvalue weighted by Crippen LogP contribution is 2.18. The number of nitrogens with zero attached hydrogens (tertiary/aromatic N) is 1. The molecular weight excluding hydrogens is 276 g/mol. The maximum Gasteiger partial charge on any atom is 0.328 e. The normalized spacial score (nSPS) is 13.1. The summed E-state index contributed by atoms with van der Waals surface area (Å²) in [5, 5.41) is 20.6. The Morgan fingerprint density at radius 1 is 1.38 bits per heavy atom. The number of para-hydroxylation sites is 1. The van der Waals surface area contributed by atoms with Crippen molar-refractivity contribution in [2.75, 3.05) is 14.2 Å². The number of carbonyl (C=O) groups excluding carboxylic acids is 1. The molecule has 0 aromatic heterocycles. The van der Waals surface area contributed by atoms with Gasteiger partial charge in [-0.15, -0.1) is 0 Å². The van der Waals surface area contributed by atoms with Crippen LogP contribution in [0.5, 0.6) is 5.75 Å². The van der Waals surface area contributed by atoms with E-state index in [2.05, 4.69) is 5.32 Å². The summed E-state index contributed by atoms with van der Waals surface area (Å²) < 4.78 is 5.19. The first-order valence-electron chi connectivity index (χ1n) is 6.41. The fourth-order valence-corrected chi connectivity index (χ4v) is 1.79. The van der Waals surface area contributed by atoms with Crippen molar-refractivity contribution >= 4 is 12.0 Å². The van der Waals surface area contributed by atoms with Crippen molar-refractivity contribution in [3.05, 3.63) is 29.8 Å². The van der Waals surface area contributed by atoms with Gasteiger partial charge in [0.25, 0.3) is 0 Å². The second kappa shape index (κ2) is 7.49. The summed E-state index contributed by atoms with van der Waals surface area (Å²) in [5.41, 5.74) is 0.793. The number of rotatable bonds is 6. The Kier molecular flexibility index (Phi) is 5.98. The number of hydrogen-bond donors (Lipinski definition) is 3. The van der Waals surface area contributed by atoms with Crippen LogP contribution in [0, 0.1) is 0 Å². The number of amides is 2. The Labute approximate surface area is 123 Å². The fourth-order valence-electron chi connectivity index (χ4n) is 1.79. The topological polar surface area (TPSA) is 99.1 Å². The van der Waals surface area contributed by atoms with Crippen LogP contribution in [0.15, 0.2) is 24.3 Å². The number of carbonyl (C=O) groups is 2. The minimum absolute atomic E-state index is 0.252. The fraction of sp³-hybridized carbons (Fsp3) is 0.429. The van der Waals surface area contributed by atoms with E-state index in [9.17, 15) is 14.7 Å². The first kappa shape index (κ1) is 16.8. The van der Waals surface area contributed by atoms with Crippen molar-refractivity contribution < 1.29 is 24.5 Å². The van der Waals surface area contributed by atoms with Gasteiger partial charge in [-0.1, -0.05) is 18.2 Å². The standard InChI is InChI=1S/C14H20N2O5/c1-9(17)12(13(18)19)15-14(20)16(2)8-10-6-4-5-7-11(10)21-3/h4-7,9,12,17H,8H2,1-3H3,(H,15,20)(H,18,19). The first-order chi connectivity index (χ1) is 9.86. The summed E-state index contributed by atoms with van der Waals surface area (Å²) in [4.78, 5) is 24.2. The number of methoxy groups -OCH3 is 1. The van der Waals surface area contributed by atoms with Gasteiger partial charge in [0, 0.05) is 12.6 Å². The molecule has 1 rings (SSSR count). The van der Waals surface area contributed by atoms with Crippen molar-refractivity contribution in [1.29, 1.82) is 0 Å². The average molecular weight is 296 g/mol. The number of aliphatic hydroxyl groups excluding tert-OH is 1. The van der Waals surface area contributed by atoms with Crippen molar-refractivity contribution in [1.82, 2.24) is 10.2 Å². The number of aliphatic hydroxyl groups is 1. The maximum absolute atomic E-state index is 12.0. The van der Waals surface area contributed by atoms with Gasteiger partial charge in [0.2, 0.25) is 0 Å². The number of hydrogen-bond acceptors (Lipinski definition) is 4. The summed E-state index contributed by atoms with van der Waals surface area (Å²) in [6, 6.07) is 5.28. The number of nitrogens with one attached hydrogen (secondary N) is 1. The van der Waals surface area contributed by atoms with Crippen molar-refractivity contribution in [3.8, 4) is 5.75 Å². The van der Waals surface area contributed by atoms with Gasteiger partial charge in [0.05, 0.1) is 19.8 Å². The van der Waals surface area contributed by atoms with Crippen molar-refractivity contribution in [2.45, 2.75) is 25.6 Å². The molecule has 7 heteroatoms. The zero-order chi connectivity index (χ0) is 16.0. The smallest absolute Gasteiger partial charge is 0.328 e. The van der Waals surface area contributed by atoms with E-state index >= 15 is 0 Å². The minimum Gasteiger partial charge on any atom is -0.496 e. The molecule has 0 saturated heterocycles. The van der Waals surface area contributed by atoms with E-state index in [1.54, 1.807) is 6.07 Å². The third-order valence-corrected chi connectivity index (χ3v) is 2.97. The number of carboxylic acids is 1. The summed E-state index contributed by atoms with van der Waals surface area (Å²) in [6.07, 6.45) is -1.19. The van der Waals surface area contributed by atoms with Crippen molar-refractivity contribution in [2.24, 2.45) is 0 Å². The second-order valence-corrected chi connectivity index (χ2v) is 4.67. The second-order valence-electron chi connectivity index (χ2n) is 4.67. The molecule has 1 aromatic rings. The molecule has 21 heavy (non-hydrogen) atoms. The van der Waals surface area contributed by atoms with Gasteiger partial charge < -0.3 is 25.2 Å². The van der Waals surface area contributed by atoms with Gasteiger partial charge in [-0.05, 0) is 13.0 Å². The Morgan fingerprint density at radius 2 is 2.00 bits per heavy atom. The lowest BCUT2D eigenvalue weighted by Gasteiger charge is -2.23. The van der Waals surface area contributed by atoms with E-state index < -0.39 is 24.1 Å². The Bertz CT molecular complexity index is 504. The summed E-state index contributed by atoms with van der Waals surface area (Å²) >= 11 is 0. The van der Waals surface area contributed by atoms with E-state index in [1.807, 2.05) is 18.2 Å². The van der Waals surface area contributed by atoms with E-state index in [0.717, 1.165) is 5.56 Å². The Balaban J connectivity index is 2.72. The van der Waals surface area contributed by atoms with Gasteiger partial charge in [0.15, 0.2) is 6.04 Å². The average Bonchev–Trinajstić information content (AvgIpc) is 2.44.